The molecule has 2 amide bonds. The van der Waals surface area contributed by atoms with E-state index in [2.05, 4.69) is 15.4 Å². The van der Waals surface area contributed by atoms with Crippen molar-refractivity contribution in [3.8, 4) is 5.75 Å². The summed E-state index contributed by atoms with van der Waals surface area (Å²) in [6, 6.07) is 2.27. The Balaban J connectivity index is 1.96. The fraction of sp³-hybridized carbons (Fsp3) is 0.500. The topological polar surface area (TPSA) is 70.6 Å². The van der Waals surface area contributed by atoms with Gasteiger partial charge in [0.1, 0.15) is 5.82 Å². The lowest BCUT2D eigenvalue weighted by molar-refractivity contribution is -0.0495. The number of carbonyl (C=O) groups excluding carboxylic acids is 1. The first-order chi connectivity index (χ1) is 10.4. The Morgan fingerprint density at radius 3 is 2.59 bits per heavy atom. The normalized spacial score (nSPS) is 21.5. The second kappa shape index (κ2) is 7.35. The molecule has 1 aliphatic rings. The van der Waals surface area contributed by atoms with E-state index in [-0.39, 0.29) is 17.8 Å². The second-order valence-corrected chi connectivity index (χ2v) is 5.12. The lowest BCUT2D eigenvalue weighted by Crippen LogP contribution is -2.40. The molecule has 8 heteroatoms. The Morgan fingerprint density at radius 2 is 1.95 bits per heavy atom. The van der Waals surface area contributed by atoms with Crippen molar-refractivity contribution >= 4 is 11.7 Å². The minimum absolute atomic E-state index is 0.0463. The second-order valence-electron chi connectivity index (χ2n) is 5.12. The third-order valence-electron chi connectivity index (χ3n) is 3.44. The first-order valence-corrected chi connectivity index (χ1v) is 6.94. The molecule has 2 rings (SSSR count). The number of benzene rings is 1. The van der Waals surface area contributed by atoms with Gasteiger partial charge in [-0.1, -0.05) is 0 Å². The molecule has 0 spiro atoms. The van der Waals surface area contributed by atoms with Crippen LogP contribution in [0, 0.1) is 5.82 Å². The number of hydrogen-bond acceptors (Lipinski definition) is 3. The van der Waals surface area contributed by atoms with E-state index in [0.717, 1.165) is 18.2 Å². The summed E-state index contributed by atoms with van der Waals surface area (Å²) in [7, 11) is 0. The number of rotatable bonds is 4. The zero-order valence-corrected chi connectivity index (χ0v) is 11.7. The summed E-state index contributed by atoms with van der Waals surface area (Å²) in [5.41, 5.74) is -0.0463. The maximum atomic E-state index is 13.1. The SMILES string of the molecule is O=C(Nc1ccc(F)cc1OC(F)F)NC1CCC(O)CC1. The van der Waals surface area contributed by atoms with Crippen LogP contribution >= 0.6 is 0 Å². The molecule has 0 radical (unpaired) electrons. The van der Waals surface area contributed by atoms with Gasteiger partial charge in [-0.2, -0.15) is 8.78 Å². The lowest BCUT2D eigenvalue weighted by Gasteiger charge is -2.26. The van der Waals surface area contributed by atoms with Crippen LogP contribution < -0.4 is 15.4 Å². The van der Waals surface area contributed by atoms with E-state index in [1.54, 1.807) is 0 Å². The van der Waals surface area contributed by atoms with Gasteiger partial charge in [-0.05, 0) is 37.8 Å². The molecular weight excluding hydrogens is 301 g/mol. The summed E-state index contributed by atoms with van der Waals surface area (Å²) in [5, 5.41) is 14.4. The first-order valence-electron chi connectivity index (χ1n) is 6.94. The molecular formula is C14H17F3N2O3. The Morgan fingerprint density at radius 1 is 1.27 bits per heavy atom. The number of hydrogen-bond donors (Lipinski definition) is 3. The number of nitrogens with one attached hydrogen (secondary N) is 2. The zero-order valence-electron chi connectivity index (χ0n) is 11.7. The van der Waals surface area contributed by atoms with Crippen molar-refractivity contribution < 1.29 is 27.8 Å². The molecule has 1 fully saturated rings. The highest BCUT2D eigenvalue weighted by atomic mass is 19.3. The van der Waals surface area contributed by atoms with Crippen LogP contribution in [0.4, 0.5) is 23.7 Å². The van der Waals surface area contributed by atoms with Gasteiger partial charge in [0.05, 0.1) is 11.8 Å². The molecule has 0 heterocycles. The smallest absolute Gasteiger partial charge is 0.387 e. The summed E-state index contributed by atoms with van der Waals surface area (Å²) >= 11 is 0. The number of carbonyl (C=O) groups is 1. The molecule has 0 atom stereocenters. The molecule has 0 aliphatic heterocycles. The lowest BCUT2D eigenvalue weighted by atomic mass is 9.93. The van der Waals surface area contributed by atoms with Crippen molar-refractivity contribution in [3.05, 3.63) is 24.0 Å². The van der Waals surface area contributed by atoms with E-state index < -0.39 is 24.2 Å². The monoisotopic (exact) mass is 318 g/mol. The summed E-state index contributed by atoms with van der Waals surface area (Å²) < 4.78 is 41.8. The Hall–Kier alpha value is -1.96. The fourth-order valence-corrected chi connectivity index (χ4v) is 2.36. The van der Waals surface area contributed by atoms with Gasteiger partial charge in [-0.15, -0.1) is 0 Å². The van der Waals surface area contributed by atoms with Crippen LogP contribution in [-0.4, -0.2) is 29.9 Å². The van der Waals surface area contributed by atoms with Crippen LogP contribution in [0.15, 0.2) is 18.2 Å². The summed E-state index contributed by atoms with van der Waals surface area (Å²) in [6.45, 7) is -3.12. The molecule has 0 aromatic heterocycles. The molecule has 122 valence electrons. The Labute approximate surface area is 125 Å². The van der Waals surface area contributed by atoms with E-state index >= 15 is 0 Å². The number of amides is 2. The number of urea groups is 1. The zero-order chi connectivity index (χ0) is 16.1. The predicted octanol–water partition coefficient (Wildman–Crippen LogP) is 2.85. The average Bonchev–Trinajstić information content (AvgIpc) is 2.44. The molecule has 0 bridgehead atoms. The number of aliphatic hydroxyl groups is 1. The van der Waals surface area contributed by atoms with E-state index in [1.165, 1.54) is 0 Å². The number of ether oxygens (including phenoxy) is 1. The minimum Gasteiger partial charge on any atom is -0.432 e. The number of halogens is 3. The number of aliphatic hydroxyl groups excluding tert-OH is 1. The minimum atomic E-state index is -3.12. The standard InChI is InChI=1S/C14H17F3N2O3/c15-8-1-6-11(12(7-8)22-13(16)17)19-14(21)18-9-2-4-10(20)5-3-9/h1,6-7,9-10,13,20H,2-5H2,(H2,18,19,21). The van der Waals surface area contributed by atoms with Crippen LogP contribution in [-0.2, 0) is 0 Å². The van der Waals surface area contributed by atoms with Crippen LogP contribution in [0.25, 0.3) is 0 Å². The maximum Gasteiger partial charge on any atom is 0.387 e. The molecule has 5 nitrogen and oxygen atoms in total. The van der Waals surface area contributed by atoms with Crippen molar-refractivity contribution in [2.24, 2.45) is 0 Å². The largest absolute Gasteiger partial charge is 0.432 e. The summed E-state index contributed by atoms with van der Waals surface area (Å²) in [6.07, 6.45) is 2.13. The molecule has 1 saturated carbocycles. The van der Waals surface area contributed by atoms with Crippen LogP contribution in [0.1, 0.15) is 25.7 Å². The predicted molar refractivity (Wildman–Crippen MR) is 73.4 cm³/mol. The molecule has 1 aromatic rings. The molecule has 1 aromatic carbocycles. The molecule has 0 unspecified atom stereocenters. The number of alkyl halides is 2. The number of anilines is 1. The third kappa shape index (κ3) is 4.80. The molecule has 22 heavy (non-hydrogen) atoms. The van der Waals surface area contributed by atoms with E-state index in [4.69, 9.17) is 0 Å². The van der Waals surface area contributed by atoms with Gasteiger partial charge in [0.25, 0.3) is 0 Å². The van der Waals surface area contributed by atoms with Gasteiger partial charge in [0, 0.05) is 12.1 Å². The maximum absolute atomic E-state index is 13.1. The van der Waals surface area contributed by atoms with Crippen LogP contribution in [0.5, 0.6) is 5.75 Å². The van der Waals surface area contributed by atoms with Crippen molar-refractivity contribution in [2.45, 2.75) is 44.4 Å². The summed E-state index contributed by atoms with van der Waals surface area (Å²) in [4.78, 5) is 11.9. The van der Waals surface area contributed by atoms with Crippen molar-refractivity contribution in [1.82, 2.24) is 5.32 Å². The Kier molecular flexibility index (Phi) is 5.48. The van der Waals surface area contributed by atoms with Gasteiger partial charge in [0.15, 0.2) is 5.75 Å². The summed E-state index contributed by atoms with van der Waals surface area (Å²) in [5.74, 6) is -1.19. The average molecular weight is 318 g/mol. The molecule has 0 saturated heterocycles. The van der Waals surface area contributed by atoms with Crippen molar-refractivity contribution in [2.75, 3.05) is 5.32 Å². The highest BCUT2D eigenvalue weighted by molar-refractivity contribution is 5.91. The van der Waals surface area contributed by atoms with Crippen molar-refractivity contribution in [1.29, 1.82) is 0 Å². The van der Waals surface area contributed by atoms with Gasteiger partial charge < -0.3 is 20.5 Å². The highest BCUT2D eigenvalue weighted by Gasteiger charge is 2.21. The van der Waals surface area contributed by atoms with Crippen molar-refractivity contribution in [3.63, 3.8) is 0 Å². The third-order valence-corrected chi connectivity index (χ3v) is 3.44. The van der Waals surface area contributed by atoms with Gasteiger partial charge in [0.2, 0.25) is 0 Å². The quantitative estimate of drug-likeness (QED) is 0.799. The van der Waals surface area contributed by atoms with E-state index in [1.807, 2.05) is 0 Å². The fourth-order valence-electron chi connectivity index (χ4n) is 2.36. The molecule has 1 aliphatic carbocycles. The van der Waals surface area contributed by atoms with Crippen LogP contribution in [0.3, 0.4) is 0 Å². The van der Waals surface area contributed by atoms with Gasteiger partial charge >= 0.3 is 12.6 Å². The van der Waals surface area contributed by atoms with Gasteiger partial charge in [-0.3, -0.25) is 0 Å². The van der Waals surface area contributed by atoms with Crippen LogP contribution in [0.2, 0.25) is 0 Å². The van der Waals surface area contributed by atoms with E-state index in [0.29, 0.717) is 25.7 Å². The Bertz CT molecular complexity index is 520. The van der Waals surface area contributed by atoms with E-state index in [9.17, 15) is 23.1 Å². The first kappa shape index (κ1) is 16.4. The molecule has 3 N–H and O–H groups in total. The highest BCUT2D eigenvalue weighted by Crippen LogP contribution is 2.27. The van der Waals surface area contributed by atoms with Gasteiger partial charge in [-0.25, -0.2) is 9.18 Å².